The van der Waals surface area contributed by atoms with Crippen molar-refractivity contribution in [3.05, 3.63) is 66.0 Å². The van der Waals surface area contributed by atoms with Crippen LogP contribution in [0.3, 0.4) is 0 Å². The second-order valence-electron chi connectivity index (χ2n) is 4.59. The van der Waals surface area contributed by atoms with Crippen LogP contribution < -0.4 is 4.72 Å². The monoisotopic (exact) mass is 305 g/mol. The minimum Gasteiger partial charge on any atom is -0.265 e. The van der Waals surface area contributed by atoms with Crippen molar-refractivity contribution in [1.82, 2.24) is 14.0 Å². The highest BCUT2D eigenvalue weighted by atomic mass is 32.2. The molecule has 0 bridgehead atoms. The quantitative estimate of drug-likeness (QED) is 0.850. The molecule has 0 amide bonds. The van der Waals surface area contributed by atoms with Crippen molar-refractivity contribution < 1.29 is 8.42 Å². The molecule has 112 valence electrons. The van der Waals surface area contributed by atoms with Gasteiger partial charge < -0.3 is 0 Å². The molecule has 6 heteroatoms. The third-order valence-electron chi connectivity index (χ3n) is 3.10. The van der Waals surface area contributed by atoms with E-state index in [1.165, 1.54) is 4.31 Å². The van der Waals surface area contributed by atoms with E-state index in [1.54, 1.807) is 12.4 Å². The average molecular weight is 305 g/mol. The van der Waals surface area contributed by atoms with Crippen LogP contribution in [-0.2, 0) is 23.3 Å². The highest BCUT2D eigenvalue weighted by Crippen LogP contribution is 2.08. The molecule has 2 rings (SSSR count). The summed E-state index contributed by atoms with van der Waals surface area (Å²) in [5.74, 6) is 0. The van der Waals surface area contributed by atoms with Crippen molar-refractivity contribution in [3.8, 4) is 0 Å². The lowest BCUT2D eigenvalue weighted by Crippen LogP contribution is -2.39. The third-order valence-corrected chi connectivity index (χ3v) is 4.68. The fourth-order valence-electron chi connectivity index (χ4n) is 1.92. The zero-order valence-electron chi connectivity index (χ0n) is 11.9. The van der Waals surface area contributed by atoms with E-state index in [4.69, 9.17) is 0 Å². The van der Waals surface area contributed by atoms with E-state index in [-0.39, 0.29) is 6.54 Å². The Morgan fingerprint density at radius 1 is 1.05 bits per heavy atom. The van der Waals surface area contributed by atoms with Crippen LogP contribution in [0.5, 0.6) is 0 Å². The topological polar surface area (TPSA) is 62.3 Å². The van der Waals surface area contributed by atoms with Gasteiger partial charge in [-0.05, 0) is 23.3 Å². The number of aromatic nitrogens is 1. The van der Waals surface area contributed by atoms with Crippen molar-refractivity contribution in [2.24, 2.45) is 0 Å². The van der Waals surface area contributed by atoms with Crippen LogP contribution in [0.1, 0.15) is 18.1 Å². The summed E-state index contributed by atoms with van der Waals surface area (Å²) in [4.78, 5) is 3.93. The van der Waals surface area contributed by atoms with E-state index < -0.39 is 10.2 Å². The van der Waals surface area contributed by atoms with Crippen LogP contribution in [0.4, 0.5) is 0 Å². The number of nitrogens with zero attached hydrogens (tertiary/aromatic N) is 2. The Morgan fingerprint density at radius 2 is 1.71 bits per heavy atom. The Kier molecular flexibility index (Phi) is 5.44. The lowest BCUT2D eigenvalue weighted by molar-refractivity contribution is 0.414. The van der Waals surface area contributed by atoms with Gasteiger partial charge in [0.15, 0.2) is 0 Å². The summed E-state index contributed by atoms with van der Waals surface area (Å²) in [7, 11) is -3.51. The zero-order valence-corrected chi connectivity index (χ0v) is 12.8. The first-order valence-electron chi connectivity index (χ1n) is 6.79. The van der Waals surface area contributed by atoms with Crippen molar-refractivity contribution in [1.29, 1.82) is 0 Å². The molecule has 0 unspecified atom stereocenters. The minimum absolute atomic E-state index is 0.288. The summed E-state index contributed by atoms with van der Waals surface area (Å²) < 4.78 is 28.7. The van der Waals surface area contributed by atoms with E-state index in [1.807, 2.05) is 49.4 Å². The lowest BCUT2D eigenvalue weighted by atomic mass is 10.2. The largest absolute Gasteiger partial charge is 0.280 e. The van der Waals surface area contributed by atoms with E-state index >= 15 is 0 Å². The van der Waals surface area contributed by atoms with Gasteiger partial charge in [-0.3, -0.25) is 4.98 Å². The lowest BCUT2D eigenvalue weighted by Gasteiger charge is -2.20. The molecule has 0 fully saturated rings. The molecular weight excluding hydrogens is 286 g/mol. The third kappa shape index (κ3) is 4.63. The molecule has 5 nitrogen and oxygen atoms in total. The Bertz CT molecular complexity index is 645. The first kappa shape index (κ1) is 15.6. The van der Waals surface area contributed by atoms with Crippen LogP contribution in [0.25, 0.3) is 0 Å². The van der Waals surface area contributed by atoms with Crippen LogP contribution in [0.2, 0.25) is 0 Å². The molecule has 0 radical (unpaired) electrons. The van der Waals surface area contributed by atoms with Crippen LogP contribution in [0.15, 0.2) is 54.9 Å². The summed E-state index contributed by atoms with van der Waals surface area (Å²) in [6.45, 7) is 2.86. The zero-order chi connectivity index (χ0) is 15.1. The molecule has 1 N–H and O–H groups in total. The smallest absolute Gasteiger partial charge is 0.265 e. The standard InChI is InChI=1S/C15H19N3O2S/c1-2-18(13-15-8-10-16-11-9-15)21(19,20)17-12-14-6-4-3-5-7-14/h3-11,17H,2,12-13H2,1H3. The van der Waals surface area contributed by atoms with Gasteiger partial charge in [-0.25, -0.2) is 0 Å². The number of pyridine rings is 1. The average Bonchev–Trinajstić information content (AvgIpc) is 2.52. The van der Waals surface area contributed by atoms with E-state index in [9.17, 15) is 8.42 Å². The number of hydrogen-bond acceptors (Lipinski definition) is 3. The SMILES string of the molecule is CCN(Cc1ccncc1)S(=O)(=O)NCc1ccccc1. The van der Waals surface area contributed by atoms with Crippen molar-refractivity contribution >= 4 is 10.2 Å². The molecule has 0 aliphatic rings. The van der Waals surface area contributed by atoms with E-state index in [0.29, 0.717) is 13.1 Å². The summed E-state index contributed by atoms with van der Waals surface area (Å²) >= 11 is 0. The van der Waals surface area contributed by atoms with Gasteiger partial charge in [0.05, 0.1) is 0 Å². The van der Waals surface area contributed by atoms with Crippen molar-refractivity contribution in [2.45, 2.75) is 20.0 Å². The molecule has 0 atom stereocenters. The van der Waals surface area contributed by atoms with Gasteiger partial charge in [0.1, 0.15) is 0 Å². The van der Waals surface area contributed by atoms with Gasteiger partial charge in [0, 0.05) is 32.0 Å². The Hall–Kier alpha value is -1.76. The molecule has 0 aliphatic heterocycles. The van der Waals surface area contributed by atoms with Gasteiger partial charge in [0.2, 0.25) is 0 Å². The molecule has 0 saturated heterocycles. The maximum absolute atomic E-state index is 12.3. The molecular formula is C15H19N3O2S. The maximum atomic E-state index is 12.3. The summed E-state index contributed by atoms with van der Waals surface area (Å²) in [6.07, 6.45) is 3.32. The van der Waals surface area contributed by atoms with Crippen LogP contribution in [0, 0.1) is 0 Å². The summed E-state index contributed by atoms with van der Waals surface area (Å²) in [5, 5.41) is 0. The summed E-state index contributed by atoms with van der Waals surface area (Å²) in [6, 6.07) is 13.1. The van der Waals surface area contributed by atoms with E-state index in [0.717, 1.165) is 11.1 Å². The van der Waals surface area contributed by atoms with Gasteiger partial charge in [-0.2, -0.15) is 17.4 Å². The Labute approximate surface area is 125 Å². The van der Waals surface area contributed by atoms with Crippen LogP contribution in [-0.4, -0.2) is 24.3 Å². The fourth-order valence-corrected chi connectivity index (χ4v) is 3.11. The molecule has 0 spiro atoms. The maximum Gasteiger partial charge on any atom is 0.280 e. The highest BCUT2D eigenvalue weighted by molar-refractivity contribution is 7.87. The fraction of sp³-hybridized carbons (Fsp3) is 0.267. The van der Waals surface area contributed by atoms with Crippen molar-refractivity contribution in [2.75, 3.05) is 6.54 Å². The predicted octanol–water partition coefficient (Wildman–Crippen LogP) is 1.94. The van der Waals surface area contributed by atoms with Crippen LogP contribution >= 0.6 is 0 Å². The van der Waals surface area contributed by atoms with Gasteiger partial charge in [-0.15, -0.1) is 0 Å². The second-order valence-corrected chi connectivity index (χ2v) is 6.35. The molecule has 21 heavy (non-hydrogen) atoms. The summed E-state index contributed by atoms with van der Waals surface area (Å²) in [5.41, 5.74) is 1.85. The Balaban J connectivity index is 2.02. The number of benzene rings is 1. The predicted molar refractivity (Wildman–Crippen MR) is 82.5 cm³/mol. The van der Waals surface area contributed by atoms with Gasteiger partial charge in [0.25, 0.3) is 10.2 Å². The van der Waals surface area contributed by atoms with Gasteiger partial charge >= 0.3 is 0 Å². The molecule has 1 aromatic carbocycles. The highest BCUT2D eigenvalue weighted by Gasteiger charge is 2.19. The first-order valence-corrected chi connectivity index (χ1v) is 8.23. The number of hydrogen-bond donors (Lipinski definition) is 1. The van der Waals surface area contributed by atoms with Gasteiger partial charge in [-0.1, -0.05) is 37.3 Å². The number of nitrogens with one attached hydrogen (secondary N) is 1. The molecule has 2 aromatic rings. The minimum atomic E-state index is -3.51. The second kappa shape index (κ2) is 7.31. The number of rotatable bonds is 7. The Morgan fingerprint density at radius 3 is 2.33 bits per heavy atom. The van der Waals surface area contributed by atoms with Crippen molar-refractivity contribution in [3.63, 3.8) is 0 Å². The normalized spacial score (nSPS) is 11.7. The first-order chi connectivity index (χ1) is 10.1. The molecule has 1 aromatic heterocycles. The molecule has 0 saturated carbocycles. The molecule has 0 aliphatic carbocycles. The van der Waals surface area contributed by atoms with E-state index in [2.05, 4.69) is 9.71 Å². The molecule has 1 heterocycles.